The van der Waals surface area contributed by atoms with Gasteiger partial charge in [0.1, 0.15) is 0 Å². The molecule has 0 rings (SSSR count). The van der Waals surface area contributed by atoms with E-state index in [2.05, 4.69) is 18.9 Å². The summed E-state index contributed by atoms with van der Waals surface area (Å²) in [5.74, 6) is 2.51. The Labute approximate surface area is 83.4 Å². The van der Waals surface area contributed by atoms with Crippen LogP contribution in [0.3, 0.4) is 0 Å². The highest BCUT2D eigenvalue weighted by Crippen LogP contribution is 2.08. The van der Waals surface area contributed by atoms with Gasteiger partial charge in [-0.3, -0.25) is 0 Å². The van der Waals surface area contributed by atoms with Crippen molar-refractivity contribution in [2.24, 2.45) is 0 Å². The van der Waals surface area contributed by atoms with Gasteiger partial charge in [-0.1, -0.05) is 57.4 Å². The fourth-order valence-corrected chi connectivity index (χ4v) is 1.37. The van der Waals surface area contributed by atoms with Gasteiger partial charge < -0.3 is 0 Å². The summed E-state index contributed by atoms with van der Waals surface area (Å²) in [4.78, 5) is 0. The monoisotopic (exact) mass is 178 g/mol. The van der Waals surface area contributed by atoms with E-state index in [0.717, 1.165) is 6.42 Å². The van der Waals surface area contributed by atoms with Crippen LogP contribution in [0.1, 0.15) is 58.3 Å². The lowest BCUT2D eigenvalue weighted by atomic mass is 10.1. The molecule has 0 aliphatic heterocycles. The zero-order valence-corrected chi connectivity index (χ0v) is 8.89. The van der Waals surface area contributed by atoms with Crippen molar-refractivity contribution in [3.05, 3.63) is 12.2 Å². The number of rotatable bonds is 8. The van der Waals surface area contributed by atoms with E-state index in [1.165, 1.54) is 44.9 Å². The molecule has 0 fully saturated rings. The van der Waals surface area contributed by atoms with Gasteiger partial charge in [-0.2, -0.15) is 0 Å². The van der Waals surface area contributed by atoms with E-state index in [-0.39, 0.29) is 0 Å². The van der Waals surface area contributed by atoms with Gasteiger partial charge in [0, 0.05) is 0 Å². The summed E-state index contributed by atoms with van der Waals surface area (Å²) in [6, 6.07) is 0. The van der Waals surface area contributed by atoms with Crippen molar-refractivity contribution in [1.82, 2.24) is 0 Å². The highest BCUT2D eigenvalue weighted by atomic mass is 13.9. The highest BCUT2D eigenvalue weighted by molar-refractivity contribution is 5.08. The van der Waals surface area contributed by atoms with E-state index in [0.29, 0.717) is 0 Å². The summed E-state index contributed by atoms with van der Waals surface area (Å²) >= 11 is 0. The molecule has 0 N–H and O–H groups in total. The van der Waals surface area contributed by atoms with Crippen LogP contribution in [-0.4, -0.2) is 0 Å². The summed E-state index contributed by atoms with van der Waals surface area (Å²) in [7, 11) is 0. The normalized spacial score (nSPS) is 10.5. The number of terminal acetylenes is 1. The maximum Gasteiger partial charge on any atom is -0.0162 e. The van der Waals surface area contributed by atoms with E-state index >= 15 is 0 Å². The van der Waals surface area contributed by atoms with E-state index in [1.54, 1.807) is 6.08 Å². The van der Waals surface area contributed by atoms with Gasteiger partial charge in [-0.05, 0) is 18.9 Å². The molecule has 0 radical (unpaired) electrons. The molecule has 0 saturated heterocycles. The van der Waals surface area contributed by atoms with Crippen LogP contribution >= 0.6 is 0 Å². The summed E-state index contributed by atoms with van der Waals surface area (Å²) < 4.78 is 0. The second-order valence-electron chi connectivity index (χ2n) is 3.48. The van der Waals surface area contributed by atoms with Gasteiger partial charge in [-0.25, -0.2) is 0 Å². The van der Waals surface area contributed by atoms with Gasteiger partial charge in [0.2, 0.25) is 0 Å². The average Bonchev–Trinajstić information content (AvgIpc) is 2.16. The maximum absolute atomic E-state index is 5.09. The zero-order chi connectivity index (χ0) is 9.78. The smallest absolute Gasteiger partial charge is 0.0162 e. The molecule has 0 spiro atoms. The lowest BCUT2D eigenvalue weighted by Gasteiger charge is -1.98. The van der Waals surface area contributed by atoms with Crippen molar-refractivity contribution < 1.29 is 0 Å². The Morgan fingerprint density at radius 3 is 2.23 bits per heavy atom. The first kappa shape index (κ1) is 12.3. The van der Waals surface area contributed by atoms with E-state index in [9.17, 15) is 0 Å². The minimum atomic E-state index is 1.15. The predicted molar refractivity (Wildman–Crippen MR) is 60.6 cm³/mol. The van der Waals surface area contributed by atoms with Crippen molar-refractivity contribution in [3.63, 3.8) is 0 Å². The standard InChI is InChI=1S/C13H22/c1-3-5-7-9-11-13-12-10-8-6-4-2/h1,5,7H,4,6,8-13H2,2H3/b7-5-. The summed E-state index contributed by atoms with van der Waals surface area (Å²) in [6.45, 7) is 2.25. The first-order valence-corrected chi connectivity index (χ1v) is 5.53. The molecule has 0 aliphatic carbocycles. The lowest BCUT2D eigenvalue weighted by Crippen LogP contribution is -1.78. The van der Waals surface area contributed by atoms with Crippen molar-refractivity contribution in [1.29, 1.82) is 0 Å². The van der Waals surface area contributed by atoms with Crippen LogP contribution < -0.4 is 0 Å². The van der Waals surface area contributed by atoms with Gasteiger partial charge in [0.15, 0.2) is 0 Å². The largest absolute Gasteiger partial charge is 0.115 e. The number of hydrogen-bond acceptors (Lipinski definition) is 0. The Balaban J connectivity index is 2.92. The molecule has 0 aromatic rings. The van der Waals surface area contributed by atoms with Crippen molar-refractivity contribution in [2.75, 3.05) is 0 Å². The molecule has 0 atom stereocenters. The molecule has 13 heavy (non-hydrogen) atoms. The quantitative estimate of drug-likeness (QED) is 0.383. The summed E-state index contributed by atoms with van der Waals surface area (Å²) in [5, 5.41) is 0. The zero-order valence-electron chi connectivity index (χ0n) is 8.89. The third-order valence-corrected chi connectivity index (χ3v) is 2.19. The first-order chi connectivity index (χ1) is 6.41. The summed E-state index contributed by atoms with van der Waals surface area (Å²) in [6.07, 6.45) is 19.7. The SMILES string of the molecule is C#C/C=C\CCCCCCCCC. The van der Waals surface area contributed by atoms with E-state index in [1.807, 2.05) is 0 Å². The van der Waals surface area contributed by atoms with Crippen molar-refractivity contribution >= 4 is 0 Å². The predicted octanol–water partition coefficient (Wildman–Crippen LogP) is 4.32. The van der Waals surface area contributed by atoms with Crippen LogP contribution in [0.4, 0.5) is 0 Å². The van der Waals surface area contributed by atoms with Crippen LogP contribution in [0.2, 0.25) is 0 Å². The topological polar surface area (TPSA) is 0 Å². The Hall–Kier alpha value is -0.700. The van der Waals surface area contributed by atoms with Crippen LogP contribution in [0.15, 0.2) is 12.2 Å². The van der Waals surface area contributed by atoms with Gasteiger partial charge in [0.25, 0.3) is 0 Å². The van der Waals surface area contributed by atoms with E-state index < -0.39 is 0 Å². The number of unbranched alkanes of at least 4 members (excludes halogenated alkanes) is 7. The molecule has 0 aliphatic rings. The first-order valence-electron chi connectivity index (χ1n) is 5.53. The fraction of sp³-hybridized carbons (Fsp3) is 0.692. The van der Waals surface area contributed by atoms with Crippen LogP contribution in [0.5, 0.6) is 0 Å². The molecule has 0 heteroatoms. The van der Waals surface area contributed by atoms with Crippen LogP contribution in [0, 0.1) is 12.3 Å². The van der Waals surface area contributed by atoms with Gasteiger partial charge in [0.05, 0.1) is 0 Å². The van der Waals surface area contributed by atoms with Crippen molar-refractivity contribution in [2.45, 2.75) is 58.3 Å². The van der Waals surface area contributed by atoms with Gasteiger partial charge >= 0.3 is 0 Å². The Bertz CT molecular complexity index is 148. The van der Waals surface area contributed by atoms with Crippen LogP contribution in [-0.2, 0) is 0 Å². The molecule has 0 aromatic heterocycles. The maximum atomic E-state index is 5.09. The lowest BCUT2D eigenvalue weighted by molar-refractivity contribution is 0.592. The molecule has 0 bridgehead atoms. The molecule has 0 heterocycles. The van der Waals surface area contributed by atoms with Crippen molar-refractivity contribution in [3.8, 4) is 12.3 Å². The molecule has 0 nitrogen and oxygen atoms in total. The molecule has 74 valence electrons. The Morgan fingerprint density at radius 1 is 1.00 bits per heavy atom. The highest BCUT2D eigenvalue weighted by Gasteiger charge is 1.88. The minimum Gasteiger partial charge on any atom is -0.115 e. The van der Waals surface area contributed by atoms with Gasteiger partial charge in [-0.15, -0.1) is 6.42 Å². The molecule has 0 aromatic carbocycles. The Kier molecular flexibility index (Phi) is 10.7. The fourth-order valence-electron chi connectivity index (χ4n) is 1.37. The van der Waals surface area contributed by atoms with E-state index in [4.69, 9.17) is 6.42 Å². The molecule has 0 saturated carbocycles. The second kappa shape index (κ2) is 11.3. The number of allylic oxidation sites excluding steroid dienone is 2. The third kappa shape index (κ3) is 11.3. The summed E-state index contributed by atoms with van der Waals surface area (Å²) in [5.41, 5.74) is 0. The molecule has 0 amide bonds. The molecular weight excluding hydrogens is 156 g/mol. The molecule has 0 unspecified atom stereocenters. The van der Waals surface area contributed by atoms with Crippen LogP contribution in [0.25, 0.3) is 0 Å². The minimum absolute atomic E-state index is 1.15. The molecular formula is C13H22. The average molecular weight is 178 g/mol. The third-order valence-electron chi connectivity index (χ3n) is 2.19. The Morgan fingerprint density at radius 2 is 1.62 bits per heavy atom. The second-order valence-corrected chi connectivity index (χ2v) is 3.48. The number of hydrogen-bond donors (Lipinski definition) is 0.